The number of ether oxygens (including phenoxy) is 1. The molecule has 1 atom stereocenters. The van der Waals surface area contributed by atoms with Crippen LogP contribution in [0, 0.1) is 6.92 Å². The van der Waals surface area contributed by atoms with Crippen molar-refractivity contribution < 1.29 is 9.53 Å². The van der Waals surface area contributed by atoms with E-state index in [0.717, 1.165) is 16.9 Å². The zero-order valence-electron chi connectivity index (χ0n) is 12.3. The Morgan fingerprint density at radius 1 is 1.10 bits per heavy atom. The zero-order chi connectivity index (χ0) is 15.2. The van der Waals surface area contributed by atoms with Crippen LogP contribution in [0.25, 0.3) is 0 Å². The predicted octanol–water partition coefficient (Wildman–Crippen LogP) is 4.49. The van der Waals surface area contributed by atoms with Crippen LogP contribution in [-0.2, 0) is 11.2 Å². The largest absolute Gasteiger partial charge is 0.494 e. The molecule has 0 saturated carbocycles. The van der Waals surface area contributed by atoms with E-state index >= 15 is 0 Å². The van der Waals surface area contributed by atoms with Gasteiger partial charge in [-0.3, -0.25) is 4.79 Å². The van der Waals surface area contributed by atoms with Gasteiger partial charge < -0.3 is 4.74 Å². The van der Waals surface area contributed by atoms with E-state index in [4.69, 9.17) is 16.3 Å². The molecule has 2 aromatic rings. The molecule has 0 heterocycles. The molecule has 0 saturated heterocycles. The summed E-state index contributed by atoms with van der Waals surface area (Å²) in [5, 5.41) is -0.326. The average molecular weight is 303 g/mol. The van der Waals surface area contributed by atoms with Crippen molar-refractivity contribution in [2.75, 3.05) is 6.61 Å². The Balaban J connectivity index is 2.16. The Morgan fingerprint density at radius 2 is 1.71 bits per heavy atom. The zero-order valence-corrected chi connectivity index (χ0v) is 13.1. The first-order valence-electron chi connectivity index (χ1n) is 7.07. The molecule has 2 aromatic carbocycles. The third-order valence-electron chi connectivity index (χ3n) is 3.43. The molecule has 21 heavy (non-hydrogen) atoms. The monoisotopic (exact) mass is 302 g/mol. The topological polar surface area (TPSA) is 26.3 Å². The van der Waals surface area contributed by atoms with Crippen molar-refractivity contribution in [2.45, 2.75) is 26.2 Å². The molecule has 0 aromatic heterocycles. The lowest BCUT2D eigenvalue weighted by atomic mass is 9.92. The van der Waals surface area contributed by atoms with E-state index in [1.807, 2.05) is 62.4 Å². The molecule has 0 bridgehead atoms. The average Bonchev–Trinajstić information content (AvgIpc) is 2.47. The quantitative estimate of drug-likeness (QED) is 0.735. The number of carbonyl (C=O) groups excluding carboxylic acids is 1. The number of hydrogen-bond donors (Lipinski definition) is 0. The van der Waals surface area contributed by atoms with Gasteiger partial charge in [-0.15, -0.1) is 0 Å². The Hall–Kier alpha value is -1.80. The summed E-state index contributed by atoms with van der Waals surface area (Å²) in [7, 11) is 0. The van der Waals surface area contributed by atoms with Crippen molar-refractivity contribution in [3.63, 3.8) is 0 Å². The number of benzene rings is 2. The lowest BCUT2D eigenvalue weighted by molar-refractivity contribution is -0.113. The lowest BCUT2D eigenvalue weighted by Gasteiger charge is -2.14. The molecule has 0 aliphatic heterocycles. The molecule has 2 rings (SSSR count). The van der Waals surface area contributed by atoms with Gasteiger partial charge in [0.05, 0.1) is 12.5 Å². The molecule has 2 nitrogen and oxygen atoms in total. The Bertz CT molecular complexity index is 588. The molecule has 0 radical (unpaired) electrons. The van der Waals surface area contributed by atoms with Crippen molar-refractivity contribution in [3.8, 4) is 5.75 Å². The van der Waals surface area contributed by atoms with Gasteiger partial charge in [0.1, 0.15) is 5.75 Å². The van der Waals surface area contributed by atoms with Crippen LogP contribution in [0.2, 0.25) is 0 Å². The van der Waals surface area contributed by atoms with Crippen LogP contribution in [0.1, 0.15) is 29.5 Å². The third kappa shape index (κ3) is 4.33. The molecule has 0 N–H and O–H groups in total. The summed E-state index contributed by atoms with van der Waals surface area (Å²) in [5.74, 6) is 0.524. The maximum Gasteiger partial charge on any atom is 0.229 e. The van der Waals surface area contributed by atoms with E-state index in [1.165, 1.54) is 5.56 Å². The summed E-state index contributed by atoms with van der Waals surface area (Å²) in [6.07, 6.45) is 0.595. The maximum absolute atomic E-state index is 11.7. The van der Waals surface area contributed by atoms with E-state index < -0.39 is 0 Å². The molecular formula is C18H19ClO2. The van der Waals surface area contributed by atoms with Gasteiger partial charge in [-0.2, -0.15) is 0 Å². The summed E-state index contributed by atoms with van der Waals surface area (Å²) in [5.41, 5.74) is 3.19. The summed E-state index contributed by atoms with van der Waals surface area (Å²) in [4.78, 5) is 11.7. The predicted molar refractivity (Wildman–Crippen MR) is 86.1 cm³/mol. The van der Waals surface area contributed by atoms with Crippen LogP contribution in [0.3, 0.4) is 0 Å². The molecule has 110 valence electrons. The fourth-order valence-corrected chi connectivity index (χ4v) is 2.46. The highest BCUT2D eigenvalue weighted by atomic mass is 35.5. The van der Waals surface area contributed by atoms with Gasteiger partial charge in [-0.1, -0.05) is 42.0 Å². The number of halogens is 1. The molecule has 0 fully saturated rings. The fourth-order valence-electron chi connectivity index (χ4n) is 2.25. The molecule has 0 aliphatic rings. The van der Waals surface area contributed by atoms with Gasteiger partial charge in [0.2, 0.25) is 5.24 Å². The smallest absolute Gasteiger partial charge is 0.229 e. The molecule has 0 amide bonds. The van der Waals surface area contributed by atoms with Crippen LogP contribution >= 0.6 is 11.6 Å². The van der Waals surface area contributed by atoms with Crippen molar-refractivity contribution in [1.82, 2.24) is 0 Å². The SMILES string of the molecule is CCOc1ccc(CC(C(=O)Cl)c2ccc(C)cc2)cc1. The summed E-state index contributed by atoms with van der Waals surface area (Å²) >= 11 is 5.79. The van der Waals surface area contributed by atoms with E-state index in [9.17, 15) is 4.79 Å². The summed E-state index contributed by atoms with van der Waals surface area (Å²) in [6, 6.07) is 15.7. The molecule has 0 spiro atoms. The molecule has 1 unspecified atom stereocenters. The number of carbonyl (C=O) groups is 1. The van der Waals surface area contributed by atoms with E-state index in [0.29, 0.717) is 13.0 Å². The molecule has 0 aliphatic carbocycles. The van der Waals surface area contributed by atoms with Crippen molar-refractivity contribution in [2.24, 2.45) is 0 Å². The number of rotatable bonds is 6. The van der Waals surface area contributed by atoms with Crippen molar-refractivity contribution in [3.05, 3.63) is 65.2 Å². The second-order valence-corrected chi connectivity index (χ2v) is 5.42. The van der Waals surface area contributed by atoms with Crippen LogP contribution < -0.4 is 4.74 Å². The van der Waals surface area contributed by atoms with Crippen LogP contribution in [0.4, 0.5) is 0 Å². The molecular weight excluding hydrogens is 284 g/mol. The number of hydrogen-bond acceptors (Lipinski definition) is 2. The van der Waals surface area contributed by atoms with E-state index in [-0.39, 0.29) is 11.2 Å². The van der Waals surface area contributed by atoms with Gasteiger partial charge in [0.25, 0.3) is 0 Å². The second kappa shape index (κ2) is 7.28. The minimum Gasteiger partial charge on any atom is -0.494 e. The standard InChI is InChI=1S/C18H19ClO2/c1-3-21-16-10-6-14(7-11-16)12-17(18(19)20)15-8-4-13(2)5-9-15/h4-11,17H,3,12H2,1-2H3. The summed E-state index contributed by atoms with van der Waals surface area (Å²) in [6.45, 7) is 4.62. The van der Waals surface area contributed by atoms with Crippen LogP contribution in [0.5, 0.6) is 5.75 Å². The highest BCUT2D eigenvalue weighted by Gasteiger charge is 2.19. The minimum atomic E-state index is -0.326. The Morgan fingerprint density at radius 3 is 2.24 bits per heavy atom. The van der Waals surface area contributed by atoms with Crippen LogP contribution in [-0.4, -0.2) is 11.8 Å². The van der Waals surface area contributed by atoms with Gasteiger partial charge >= 0.3 is 0 Å². The van der Waals surface area contributed by atoms with Crippen LogP contribution in [0.15, 0.2) is 48.5 Å². The first-order valence-corrected chi connectivity index (χ1v) is 7.45. The lowest BCUT2D eigenvalue weighted by Crippen LogP contribution is -2.10. The van der Waals surface area contributed by atoms with E-state index in [2.05, 4.69) is 0 Å². The van der Waals surface area contributed by atoms with Crippen molar-refractivity contribution >= 4 is 16.8 Å². The van der Waals surface area contributed by atoms with Crippen molar-refractivity contribution in [1.29, 1.82) is 0 Å². The normalized spacial score (nSPS) is 12.0. The highest BCUT2D eigenvalue weighted by molar-refractivity contribution is 6.64. The van der Waals surface area contributed by atoms with E-state index in [1.54, 1.807) is 0 Å². The van der Waals surface area contributed by atoms with Gasteiger partial charge in [-0.25, -0.2) is 0 Å². The third-order valence-corrected chi connectivity index (χ3v) is 3.69. The maximum atomic E-state index is 11.7. The highest BCUT2D eigenvalue weighted by Crippen LogP contribution is 2.25. The Kier molecular flexibility index (Phi) is 5.40. The minimum absolute atomic E-state index is 0.315. The fraction of sp³-hybridized carbons (Fsp3) is 0.278. The van der Waals surface area contributed by atoms with Gasteiger partial charge in [-0.05, 0) is 55.1 Å². The van der Waals surface area contributed by atoms with Gasteiger partial charge in [0.15, 0.2) is 0 Å². The number of aryl methyl sites for hydroxylation is 1. The molecule has 3 heteroatoms. The van der Waals surface area contributed by atoms with Gasteiger partial charge in [0, 0.05) is 0 Å². The summed E-state index contributed by atoms with van der Waals surface area (Å²) < 4.78 is 5.42. The first-order chi connectivity index (χ1) is 10.1. The first kappa shape index (κ1) is 15.6. The second-order valence-electron chi connectivity index (χ2n) is 5.05. The Labute approximate surface area is 130 Å².